The molecule has 4 aromatic rings. The first kappa shape index (κ1) is 27.3. The number of Topliss-reactive ketones (excluding diaryl/α,β-unsaturated/α-hetero) is 1. The first-order valence-corrected chi connectivity index (χ1v) is 15.0. The van der Waals surface area contributed by atoms with Crippen LogP contribution in [-0.2, 0) is 13.0 Å². The molecule has 7 heteroatoms. The molecule has 4 heterocycles. The number of anilines is 1. The van der Waals surface area contributed by atoms with E-state index in [1.54, 1.807) is 6.26 Å². The molecule has 0 amide bonds. The van der Waals surface area contributed by atoms with Crippen molar-refractivity contribution in [1.29, 1.82) is 5.26 Å². The molecule has 2 fully saturated rings. The molecule has 0 unspecified atom stereocenters. The molecule has 2 aromatic heterocycles. The quantitative estimate of drug-likeness (QED) is 0.249. The highest BCUT2D eigenvalue weighted by Crippen LogP contribution is 2.25. The maximum absolute atomic E-state index is 12.9. The Morgan fingerprint density at radius 3 is 2.51 bits per heavy atom. The highest BCUT2D eigenvalue weighted by atomic mass is 16.3. The Balaban J connectivity index is 0.921. The van der Waals surface area contributed by atoms with Crippen LogP contribution in [0, 0.1) is 17.2 Å². The maximum atomic E-state index is 12.9. The van der Waals surface area contributed by atoms with Gasteiger partial charge in [0.15, 0.2) is 5.78 Å². The molecule has 6 rings (SSSR count). The highest BCUT2D eigenvalue weighted by molar-refractivity contribution is 5.96. The third kappa shape index (κ3) is 6.73. The average molecular weight is 550 g/mol. The van der Waals surface area contributed by atoms with Gasteiger partial charge in [0, 0.05) is 79.6 Å². The molecule has 0 atom stereocenters. The molecule has 0 spiro atoms. The van der Waals surface area contributed by atoms with E-state index in [2.05, 4.69) is 44.1 Å². The Morgan fingerprint density at radius 1 is 0.976 bits per heavy atom. The lowest BCUT2D eigenvalue weighted by Gasteiger charge is -2.36. The van der Waals surface area contributed by atoms with Gasteiger partial charge in [0.2, 0.25) is 0 Å². The van der Waals surface area contributed by atoms with Gasteiger partial charge in [-0.3, -0.25) is 14.6 Å². The number of nitrogens with zero attached hydrogens (tertiary/aromatic N) is 4. The van der Waals surface area contributed by atoms with Crippen molar-refractivity contribution in [2.45, 2.75) is 38.6 Å². The Hall–Kier alpha value is -3.86. The summed E-state index contributed by atoms with van der Waals surface area (Å²) in [6.45, 7) is 8.17. The van der Waals surface area contributed by atoms with Crippen LogP contribution in [0.5, 0.6) is 0 Å². The van der Waals surface area contributed by atoms with E-state index in [0.717, 1.165) is 81.7 Å². The van der Waals surface area contributed by atoms with Crippen molar-refractivity contribution < 1.29 is 9.21 Å². The highest BCUT2D eigenvalue weighted by Gasteiger charge is 2.21. The minimum absolute atomic E-state index is 0.265. The van der Waals surface area contributed by atoms with Crippen LogP contribution in [0.25, 0.3) is 10.9 Å². The molecule has 2 saturated heterocycles. The lowest BCUT2D eigenvalue weighted by atomic mass is 9.90. The first-order valence-electron chi connectivity index (χ1n) is 15.0. The third-order valence-corrected chi connectivity index (χ3v) is 8.99. The van der Waals surface area contributed by atoms with Crippen LogP contribution in [0.15, 0.2) is 71.7 Å². The van der Waals surface area contributed by atoms with Crippen molar-refractivity contribution in [1.82, 2.24) is 14.8 Å². The molecular weight excluding hydrogens is 510 g/mol. The molecule has 0 saturated carbocycles. The van der Waals surface area contributed by atoms with Crippen molar-refractivity contribution in [3.63, 3.8) is 0 Å². The first-order chi connectivity index (χ1) is 20.1. The number of piperidine rings is 1. The number of hydrogen-bond acceptors (Lipinski definition) is 6. The van der Waals surface area contributed by atoms with E-state index in [1.165, 1.54) is 29.7 Å². The molecule has 2 aliphatic heterocycles. The number of piperazine rings is 1. The van der Waals surface area contributed by atoms with Crippen LogP contribution in [0.3, 0.4) is 0 Å². The predicted octanol–water partition coefficient (Wildman–Crippen LogP) is 5.87. The van der Waals surface area contributed by atoms with Gasteiger partial charge in [-0.25, -0.2) is 0 Å². The van der Waals surface area contributed by atoms with Gasteiger partial charge in [0.25, 0.3) is 0 Å². The minimum Gasteiger partial charge on any atom is -0.472 e. The summed E-state index contributed by atoms with van der Waals surface area (Å²) >= 11 is 0. The normalized spacial score (nSPS) is 17.2. The zero-order chi connectivity index (χ0) is 28.0. The van der Waals surface area contributed by atoms with Gasteiger partial charge in [-0.1, -0.05) is 0 Å². The van der Waals surface area contributed by atoms with Gasteiger partial charge in [0.1, 0.15) is 0 Å². The minimum atomic E-state index is 0.265. The number of carbonyl (C=O) groups excluding carboxylic acids is 1. The third-order valence-electron chi connectivity index (χ3n) is 8.99. The number of likely N-dealkylation sites (tertiary alicyclic amines) is 1. The number of hydrogen-bond donors (Lipinski definition) is 1. The van der Waals surface area contributed by atoms with Crippen molar-refractivity contribution >= 4 is 22.4 Å². The lowest BCUT2D eigenvalue weighted by Crippen LogP contribution is -2.47. The number of fused-ring (bicyclic) bond motifs is 1. The number of aromatic amines is 1. The number of H-pyrrole nitrogens is 1. The van der Waals surface area contributed by atoms with Crippen molar-refractivity contribution in [2.75, 3.05) is 50.7 Å². The number of rotatable bonds is 10. The smallest absolute Gasteiger partial charge is 0.162 e. The Morgan fingerprint density at radius 2 is 1.78 bits per heavy atom. The molecule has 212 valence electrons. The van der Waals surface area contributed by atoms with E-state index in [-0.39, 0.29) is 5.78 Å². The fourth-order valence-electron chi connectivity index (χ4n) is 6.37. The summed E-state index contributed by atoms with van der Waals surface area (Å²) < 4.78 is 5.19. The molecule has 41 heavy (non-hydrogen) atoms. The SMILES string of the molecule is N#Cc1ccc2[nH]cc(CCN3CCN(c4ccc(C(=O)CCC5CCN(Cc6ccoc6)CC5)cc4)CC3)c2c1. The van der Waals surface area contributed by atoms with Crippen LogP contribution in [0.4, 0.5) is 5.69 Å². The number of nitrogens with one attached hydrogen (secondary N) is 1. The second-order valence-corrected chi connectivity index (χ2v) is 11.6. The number of aromatic nitrogens is 1. The molecule has 0 aliphatic carbocycles. The van der Waals surface area contributed by atoms with Crippen LogP contribution < -0.4 is 4.90 Å². The zero-order valence-corrected chi connectivity index (χ0v) is 23.7. The maximum Gasteiger partial charge on any atom is 0.162 e. The zero-order valence-electron chi connectivity index (χ0n) is 23.7. The standard InChI is InChI=1S/C34H39N5O2/c35-22-27-1-7-33-32(21-27)30(23-36-33)11-15-37-16-18-39(19-17-37)31-5-3-29(4-6-31)34(40)8-2-26-9-13-38(14-10-26)24-28-12-20-41-25-28/h1,3-7,12,20-21,23,25-26,36H,2,8-11,13-19,24H2. The van der Waals surface area contributed by atoms with Gasteiger partial charge in [-0.05, 0) is 98.8 Å². The van der Waals surface area contributed by atoms with Crippen LogP contribution in [-0.4, -0.2) is 66.4 Å². The summed E-state index contributed by atoms with van der Waals surface area (Å²) in [5.74, 6) is 0.905. The van der Waals surface area contributed by atoms with Gasteiger partial charge < -0.3 is 14.3 Å². The van der Waals surface area contributed by atoms with Crippen LogP contribution in [0.2, 0.25) is 0 Å². The fraction of sp³-hybridized carbons (Fsp3) is 0.412. The summed E-state index contributed by atoms with van der Waals surface area (Å²) in [6, 6.07) is 18.4. The van der Waals surface area contributed by atoms with Crippen molar-refractivity contribution in [3.8, 4) is 6.07 Å². The summed E-state index contributed by atoms with van der Waals surface area (Å²) in [4.78, 5) is 23.7. The molecule has 0 bridgehead atoms. The van der Waals surface area contributed by atoms with E-state index < -0.39 is 0 Å². The summed E-state index contributed by atoms with van der Waals surface area (Å²) in [5.41, 5.74) is 6.35. The van der Waals surface area contributed by atoms with Crippen LogP contribution >= 0.6 is 0 Å². The Labute approximate surface area is 242 Å². The molecule has 7 nitrogen and oxygen atoms in total. The second kappa shape index (κ2) is 12.8. The van der Waals surface area contributed by atoms with Crippen molar-refractivity contribution in [3.05, 3.63) is 89.5 Å². The summed E-state index contributed by atoms with van der Waals surface area (Å²) in [7, 11) is 0. The van der Waals surface area contributed by atoms with Crippen LogP contribution in [0.1, 0.15) is 52.7 Å². The molecule has 1 N–H and O–H groups in total. The molecule has 2 aliphatic rings. The lowest BCUT2D eigenvalue weighted by molar-refractivity contribution is 0.0961. The van der Waals surface area contributed by atoms with E-state index in [1.807, 2.05) is 42.7 Å². The number of ketones is 1. The number of furan rings is 1. The molecule has 2 aromatic carbocycles. The predicted molar refractivity (Wildman–Crippen MR) is 162 cm³/mol. The largest absolute Gasteiger partial charge is 0.472 e. The second-order valence-electron chi connectivity index (χ2n) is 11.6. The number of nitriles is 1. The molecule has 0 radical (unpaired) electrons. The number of carbonyl (C=O) groups is 1. The monoisotopic (exact) mass is 549 g/mol. The summed E-state index contributed by atoms with van der Waals surface area (Å²) in [6.07, 6.45) is 10.6. The Bertz CT molecular complexity index is 1470. The average Bonchev–Trinajstić information content (AvgIpc) is 3.69. The number of benzene rings is 2. The topological polar surface area (TPSA) is 79.5 Å². The van der Waals surface area contributed by atoms with E-state index in [4.69, 9.17) is 4.42 Å². The van der Waals surface area contributed by atoms with E-state index in [9.17, 15) is 10.1 Å². The van der Waals surface area contributed by atoms with E-state index >= 15 is 0 Å². The Kier molecular flexibility index (Phi) is 8.50. The van der Waals surface area contributed by atoms with Gasteiger partial charge in [-0.2, -0.15) is 5.26 Å². The summed E-state index contributed by atoms with van der Waals surface area (Å²) in [5, 5.41) is 10.4. The van der Waals surface area contributed by atoms with Gasteiger partial charge >= 0.3 is 0 Å². The van der Waals surface area contributed by atoms with Gasteiger partial charge in [0.05, 0.1) is 24.2 Å². The molecular formula is C34H39N5O2. The van der Waals surface area contributed by atoms with Crippen molar-refractivity contribution in [2.24, 2.45) is 5.92 Å². The van der Waals surface area contributed by atoms with E-state index in [0.29, 0.717) is 17.9 Å². The fourth-order valence-corrected chi connectivity index (χ4v) is 6.37. The van der Waals surface area contributed by atoms with Gasteiger partial charge in [-0.15, -0.1) is 0 Å².